The third-order valence-corrected chi connectivity index (χ3v) is 3.38. The van der Waals surface area contributed by atoms with E-state index in [1.165, 1.54) is 0 Å². The molecule has 1 atom stereocenters. The summed E-state index contributed by atoms with van der Waals surface area (Å²) in [6, 6.07) is 14.0. The maximum atomic E-state index is 5.41. The normalized spacial score (nSPS) is 13.9. The molecule has 104 valence electrons. The van der Waals surface area contributed by atoms with Crippen LogP contribution < -0.4 is 19.5 Å². The molecule has 3 rings (SSSR count). The molecular formula is C16H17NO3. The predicted molar refractivity (Wildman–Crippen MR) is 77.6 cm³/mol. The van der Waals surface area contributed by atoms with Crippen molar-refractivity contribution in [2.45, 2.75) is 13.0 Å². The summed E-state index contributed by atoms with van der Waals surface area (Å²) >= 11 is 0. The molecule has 0 spiro atoms. The molecule has 1 aliphatic rings. The Morgan fingerprint density at radius 1 is 1.10 bits per heavy atom. The van der Waals surface area contributed by atoms with E-state index >= 15 is 0 Å². The van der Waals surface area contributed by atoms with Gasteiger partial charge in [-0.2, -0.15) is 0 Å². The standard InChI is InChI=1S/C16H17NO3/c1-11(17-13-5-3-4-6-14(13)18-2)12-7-8-15-16(9-12)20-10-19-15/h3-9,11,17H,10H2,1-2H3. The highest BCUT2D eigenvalue weighted by atomic mass is 16.7. The second-order valence-electron chi connectivity index (χ2n) is 4.68. The van der Waals surface area contributed by atoms with Gasteiger partial charge in [-0.15, -0.1) is 0 Å². The van der Waals surface area contributed by atoms with Gasteiger partial charge < -0.3 is 19.5 Å². The summed E-state index contributed by atoms with van der Waals surface area (Å²) in [4.78, 5) is 0. The Kier molecular flexibility index (Phi) is 3.37. The fourth-order valence-electron chi connectivity index (χ4n) is 2.26. The minimum Gasteiger partial charge on any atom is -0.495 e. The van der Waals surface area contributed by atoms with E-state index in [0.717, 1.165) is 28.5 Å². The first-order chi connectivity index (χ1) is 9.78. The van der Waals surface area contributed by atoms with E-state index < -0.39 is 0 Å². The van der Waals surface area contributed by atoms with Gasteiger partial charge in [-0.05, 0) is 36.8 Å². The predicted octanol–water partition coefficient (Wildman–Crippen LogP) is 3.60. The van der Waals surface area contributed by atoms with Crippen molar-refractivity contribution in [3.05, 3.63) is 48.0 Å². The van der Waals surface area contributed by atoms with Gasteiger partial charge in [-0.1, -0.05) is 18.2 Å². The molecule has 4 nitrogen and oxygen atoms in total. The van der Waals surface area contributed by atoms with Gasteiger partial charge in [0, 0.05) is 6.04 Å². The summed E-state index contributed by atoms with van der Waals surface area (Å²) < 4.78 is 16.1. The Hall–Kier alpha value is -2.36. The molecule has 1 N–H and O–H groups in total. The molecule has 0 saturated carbocycles. The van der Waals surface area contributed by atoms with Crippen molar-refractivity contribution < 1.29 is 14.2 Å². The van der Waals surface area contributed by atoms with Crippen LogP contribution in [0.4, 0.5) is 5.69 Å². The van der Waals surface area contributed by atoms with Gasteiger partial charge in [0.15, 0.2) is 11.5 Å². The minimum absolute atomic E-state index is 0.140. The lowest BCUT2D eigenvalue weighted by Gasteiger charge is -2.18. The van der Waals surface area contributed by atoms with Crippen LogP contribution >= 0.6 is 0 Å². The van der Waals surface area contributed by atoms with Gasteiger partial charge >= 0.3 is 0 Å². The number of para-hydroxylation sites is 2. The van der Waals surface area contributed by atoms with Crippen molar-refractivity contribution in [3.8, 4) is 17.2 Å². The highest BCUT2D eigenvalue weighted by Crippen LogP contribution is 2.35. The number of nitrogens with one attached hydrogen (secondary N) is 1. The van der Waals surface area contributed by atoms with E-state index in [-0.39, 0.29) is 6.04 Å². The lowest BCUT2D eigenvalue weighted by atomic mass is 10.1. The number of rotatable bonds is 4. The average Bonchev–Trinajstić information content (AvgIpc) is 2.95. The largest absolute Gasteiger partial charge is 0.495 e. The summed E-state index contributed by atoms with van der Waals surface area (Å²) in [5, 5.41) is 3.45. The van der Waals surface area contributed by atoms with Gasteiger partial charge in [0.25, 0.3) is 0 Å². The third kappa shape index (κ3) is 2.37. The summed E-state index contributed by atoms with van der Waals surface area (Å²) in [7, 11) is 1.67. The lowest BCUT2D eigenvalue weighted by Crippen LogP contribution is -2.07. The Morgan fingerprint density at radius 3 is 2.75 bits per heavy atom. The second kappa shape index (κ2) is 5.33. The maximum absolute atomic E-state index is 5.41. The lowest BCUT2D eigenvalue weighted by molar-refractivity contribution is 0.174. The quantitative estimate of drug-likeness (QED) is 0.922. The van der Waals surface area contributed by atoms with E-state index in [1.54, 1.807) is 7.11 Å². The molecule has 0 amide bonds. The molecular weight excluding hydrogens is 254 g/mol. The van der Waals surface area contributed by atoms with Gasteiger partial charge in [0.1, 0.15) is 5.75 Å². The van der Waals surface area contributed by atoms with E-state index in [4.69, 9.17) is 14.2 Å². The van der Waals surface area contributed by atoms with Crippen LogP contribution in [0.1, 0.15) is 18.5 Å². The van der Waals surface area contributed by atoms with E-state index in [0.29, 0.717) is 6.79 Å². The van der Waals surface area contributed by atoms with Crippen LogP contribution in [0.3, 0.4) is 0 Å². The Bertz CT molecular complexity index is 612. The molecule has 0 saturated heterocycles. The first-order valence-corrected chi connectivity index (χ1v) is 6.57. The first-order valence-electron chi connectivity index (χ1n) is 6.57. The Labute approximate surface area is 118 Å². The fraction of sp³-hybridized carbons (Fsp3) is 0.250. The molecule has 4 heteroatoms. The molecule has 2 aromatic carbocycles. The smallest absolute Gasteiger partial charge is 0.231 e. The van der Waals surface area contributed by atoms with E-state index in [2.05, 4.69) is 12.2 Å². The zero-order valence-corrected chi connectivity index (χ0v) is 11.6. The van der Waals surface area contributed by atoms with Crippen LogP contribution in [0.5, 0.6) is 17.2 Å². The molecule has 0 radical (unpaired) electrons. The van der Waals surface area contributed by atoms with Crippen LogP contribution in [-0.2, 0) is 0 Å². The zero-order valence-electron chi connectivity index (χ0n) is 11.6. The number of ether oxygens (including phenoxy) is 3. The first kappa shape index (κ1) is 12.7. The van der Waals surface area contributed by atoms with Crippen molar-refractivity contribution in [2.24, 2.45) is 0 Å². The number of hydrogen-bond donors (Lipinski definition) is 1. The van der Waals surface area contributed by atoms with Gasteiger partial charge in [0.05, 0.1) is 12.8 Å². The molecule has 2 aromatic rings. The topological polar surface area (TPSA) is 39.7 Å². The number of fused-ring (bicyclic) bond motifs is 1. The Balaban J connectivity index is 1.81. The SMILES string of the molecule is COc1ccccc1NC(C)c1ccc2c(c1)OCO2. The average molecular weight is 271 g/mol. The third-order valence-electron chi connectivity index (χ3n) is 3.38. The highest BCUT2D eigenvalue weighted by Gasteiger charge is 2.16. The molecule has 0 aromatic heterocycles. The van der Waals surface area contributed by atoms with Crippen molar-refractivity contribution in [2.75, 3.05) is 19.2 Å². The number of methoxy groups -OCH3 is 1. The molecule has 1 unspecified atom stereocenters. The van der Waals surface area contributed by atoms with Crippen LogP contribution in [0.25, 0.3) is 0 Å². The summed E-state index contributed by atoms with van der Waals surface area (Å²) in [5.41, 5.74) is 2.11. The number of anilines is 1. The van der Waals surface area contributed by atoms with E-state index in [9.17, 15) is 0 Å². The summed E-state index contributed by atoms with van der Waals surface area (Å²) in [6.45, 7) is 2.40. The van der Waals surface area contributed by atoms with Crippen molar-refractivity contribution >= 4 is 5.69 Å². The van der Waals surface area contributed by atoms with Crippen LogP contribution in [-0.4, -0.2) is 13.9 Å². The monoisotopic (exact) mass is 271 g/mol. The summed E-state index contributed by atoms with van der Waals surface area (Å²) in [6.07, 6.45) is 0. The van der Waals surface area contributed by atoms with Crippen LogP contribution in [0.15, 0.2) is 42.5 Å². The van der Waals surface area contributed by atoms with Crippen molar-refractivity contribution in [1.82, 2.24) is 0 Å². The maximum Gasteiger partial charge on any atom is 0.231 e. The van der Waals surface area contributed by atoms with Gasteiger partial charge in [-0.3, -0.25) is 0 Å². The Morgan fingerprint density at radius 2 is 1.90 bits per heavy atom. The van der Waals surface area contributed by atoms with Gasteiger partial charge in [-0.25, -0.2) is 0 Å². The number of hydrogen-bond acceptors (Lipinski definition) is 4. The molecule has 1 heterocycles. The highest BCUT2D eigenvalue weighted by molar-refractivity contribution is 5.57. The van der Waals surface area contributed by atoms with Crippen LogP contribution in [0, 0.1) is 0 Å². The van der Waals surface area contributed by atoms with Crippen molar-refractivity contribution in [1.29, 1.82) is 0 Å². The molecule has 0 fully saturated rings. The minimum atomic E-state index is 0.140. The second-order valence-corrected chi connectivity index (χ2v) is 4.68. The van der Waals surface area contributed by atoms with E-state index in [1.807, 2.05) is 42.5 Å². The zero-order chi connectivity index (χ0) is 13.9. The van der Waals surface area contributed by atoms with Crippen molar-refractivity contribution in [3.63, 3.8) is 0 Å². The molecule has 0 aliphatic carbocycles. The summed E-state index contributed by atoms with van der Waals surface area (Å²) in [5.74, 6) is 2.44. The fourth-order valence-corrected chi connectivity index (χ4v) is 2.26. The van der Waals surface area contributed by atoms with Gasteiger partial charge in [0.2, 0.25) is 6.79 Å². The molecule has 20 heavy (non-hydrogen) atoms. The van der Waals surface area contributed by atoms with Crippen LogP contribution in [0.2, 0.25) is 0 Å². The molecule has 0 bridgehead atoms. The number of benzene rings is 2. The molecule has 1 aliphatic heterocycles.